The minimum atomic E-state index is -0.284. The summed E-state index contributed by atoms with van der Waals surface area (Å²) in [6.07, 6.45) is 1.55. The van der Waals surface area contributed by atoms with Crippen LogP contribution in [-0.4, -0.2) is 11.3 Å². The number of halogens is 2. The Morgan fingerprint density at radius 2 is 1.95 bits per heavy atom. The smallest absolute Gasteiger partial charge is 0.191 e. The summed E-state index contributed by atoms with van der Waals surface area (Å²) in [5.41, 5.74) is 5.19. The summed E-state index contributed by atoms with van der Waals surface area (Å²) in [6.45, 7) is 1.90. The van der Waals surface area contributed by atoms with E-state index < -0.39 is 0 Å². The van der Waals surface area contributed by atoms with E-state index in [9.17, 15) is 4.39 Å². The average Bonchev–Trinajstić information content (AvgIpc) is 2.46. The molecule has 0 amide bonds. The Kier molecular flexibility index (Phi) is 5.25. The highest BCUT2D eigenvalue weighted by atomic mass is 35.5. The van der Waals surface area contributed by atoms with Crippen LogP contribution in [0.25, 0.3) is 0 Å². The lowest BCUT2D eigenvalue weighted by Gasteiger charge is -2.10. The standard InChI is InChI=1S/C15H13ClFN3S/c1-10-13(16)3-2-4-14(10)19-15(21)20-18-9-11-5-7-12(17)8-6-11/h2-9H,1H3,(H2,19,20,21)/b18-9-. The van der Waals surface area contributed by atoms with E-state index in [1.807, 2.05) is 25.1 Å². The summed E-state index contributed by atoms with van der Waals surface area (Å²) in [7, 11) is 0. The van der Waals surface area contributed by atoms with Crippen molar-refractivity contribution in [1.29, 1.82) is 0 Å². The van der Waals surface area contributed by atoms with E-state index in [-0.39, 0.29) is 5.82 Å². The van der Waals surface area contributed by atoms with Crippen LogP contribution in [-0.2, 0) is 0 Å². The first-order valence-corrected chi connectivity index (χ1v) is 6.95. The molecule has 0 fully saturated rings. The molecule has 0 heterocycles. The van der Waals surface area contributed by atoms with E-state index in [1.165, 1.54) is 12.1 Å². The molecule has 0 aromatic heterocycles. The Morgan fingerprint density at radius 1 is 1.24 bits per heavy atom. The van der Waals surface area contributed by atoms with Crippen LogP contribution >= 0.6 is 23.8 Å². The van der Waals surface area contributed by atoms with Gasteiger partial charge in [0.05, 0.1) is 6.21 Å². The number of benzene rings is 2. The molecule has 2 rings (SSSR count). The van der Waals surface area contributed by atoms with Crippen molar-refractivity contribution in [3.63, 3.8) is 0 Å². The average molecular weight is 322 g/mol. The van der Waals surface area contributed by atoms with Gasteiger partial charge in [0, 0.05) is 10.7 Å². The molecular weight excluding hydrogens is 309 g/mol. The topological polar surface area (TPSA) is 36.4 Å². The monoisotopic (exact) mass is 321 g/mol. The lowest BCUT2D eigenvalue weighted by atomic mass is 10.2. The van der Waals surface area contributed by atoms with E-state index in [4.69, 9.17) is 23.8 Å². The van der Waals surface area contributed by atoms with Crippen LogP contribution in [0.15, 0.2) is 47.6 Å². The molecule has 0 saturated carbocycles. The molecule has 21 heavy (non-hydrogen) atoms. The molecule has 2 N–H and O–H groups in total. The van der Waals surface area contributed by atoms with Gasteiger partial charge in [0.2, 0.25) is 0 Å². The molecule has 0 spiro atoms. The Hall–Kier alpha value is -1.98. The van der Waals surface area contributed by atoms with Crippen LogP contribution < -0.4 is 10.7 Å². The van der Waals surface area contributed by atoms with E-state index >= 15 is 0 Å². The molecule has 0 atom stereocenters. The summed E-state index contributed by atoms with van der Waals surface area (Å²) in [4.78, 5) is 0. The highest BCUT2D eigenvalue weighted by Gasteiger charge is 2.03. The molecule has 2 aromatic rings. The van der Waals surface area contributed by atoms with Gasteiger partial charge in [0.25, 0.3) is 0 Å². The van der Waals surface area contributed by atoms with Crippen molar-refractivity contribution in [2.24, 2.45) is 5.10 Å². The van der Waals surface area contributed by atoms with Crippen molar-refractivity contribution in [2.45, 2.75) is 6.92 Å². The number of hydrazone groups is 1. The Morgan fingerprint density at radius 3 is 2.67 bits per heavy atom. The van der Waals surface area contributed by atoms with Gasteiger partial charge < -0.3 is 5.32 Å². The SMILES string of the molecule is Cc1c(Cl)cccc1NC(=S)N/N=C\c1ccc(F)cc1. The fourth-order valence-electron chi connectivity index (χ4n) is 1.61. The molecule has 2 aromatic carbocycles. The summed E-state index contributed by atoms with van der Waals surface area (Å²) in [6, 6.07) is 11.5. The zero-order valence-corrected chi connectivity index (χ0v) is 12.8. The van der Waals surface area contributed by atoms with Gasteiger partial charge in [-0.25, -0.2) is 4.39 Å². The summed E-state index contributed by atoms with van der Waals surface area (Å²) < 4.78 is 12.7. The van der Waals surface area contributed by atoms with Gasteiger partial charge in [-0.15, -0.1) is 0 Å². The number of hydrogen-bond donors (Lipinski definition) is 2. The molecule has 0 unspecified atom stereocenters. The third kappa shape index (κ3) is 4.51. The first-order valence-electron chi connectivity index (χ1n) is 6.17. The van der Waals surface area contributed by atoms with Gasteiger partial charge in [-0.3, -0.25) is 5.43 Å². The summed E-state index contributed by atoms with van der Waals surface area (Å²) >= 11 is 11.2. The Labute approximate surface area is 132 Å². The third-order valence-corrected chi connectivity index (χ3v) is 3.37. The van der Waals surface area contributed by atoms with Crippen molar-refractivity contribution >= 4 is 40.8 Å². The summed E-state index contributed by atoms with van der Waals surface area (Å²) in [5.74, 6) is -0.284. The molecule has 3 nitrogen and oxygen atoms in total. The Balaban J connectivity index is 1.93. The maximum absolute atomic E-state index is 12.7. The van der Waals surface area contributed by atoms with Gasteiger partial charge in [-0.05, 0) is 54.5 Å². The van der Waals surface area contributed by atoms with Crippen LogP contribution in [0.5, 0.6) is 0 Å². The molecule has 6 heteroatoms. The quantitative estimate of drug-likeness (QED) is 0.507. The van der Waals surface area contributed by atoms with E-state index in [2.05, 4.69) is 15.8 Å². The van der Waals surface area contributed by atoms with Crippen molar-refractivity contribution in [1.82, 2.24) is 5.43 Å². The fourth-order valence-corrected chi connectivity index (χ4v) is 1.94. The molecule has 0 radical (unpaired) electrons. The zero-order chi connectivity index (χ0) is 15.2. The molecular formula is C15H13ClFN3S. The number of rotatable bonds is 3. The molecule has 0 bridgehead atoms. The summed E-state index contributed by atoms with van der Waals surface area (Å²) in [5, 5.41) is 8.00. The third-order valence-electron chi connectivity index (χ3n) is 2.77. The molecule has 0 saturated heterocycles. The van der Waals surface area contributed by atoms with Crippen molar-refractivity contribution < 1.29 is 4.39 Å². The largest absolute Gasteiger partial charge is 0.331 e. The van der Waals surface area contributed by atoms with Crippen LogP contribution in [0, 0.1) is 12.7 Å². The zero-order valence-electron chi connectivity index (χ0n) is 11.2. The van der Waals surface area contributed by atoms with E-state index in [1.54, 1.807) is 18.3 Å². The second-order valence-electron chi connectivity index (χ2n) is 4.29. The highest BCUT2D eigenvalue weighted by molar-refractivity contribution is 7.80. The predicted molar refractivity (Wildman–Crippen MR) is 89.5 cm³/mol. The van der Waals surface area contributed by atoms with E-state index in [0.717, 1.165) is 16.8 Å². The van der Waals surface area contributed by atoms with Crippen LogP contribution in [0.2, 0.25) is 5.02 Å². The van der Waals surface area contributed by atoms with Crippen molar-refractivity contribution in [2.75, 3.05) is 5.32 Å². The lowest BCUT2D eigenvalue weighted by molar-refractivity contribution is 0.628. The minimum absolute atomic E-state index is 0.284. The normalized spacial score (nSPS) is 10.6. The number of nitrogens with zero attached hydrogens (tertiary/aromatic N) is 1. The highest BCUT2D eigenvalue weighted by Crippen LogP contribution is 2.22. The van der Waals surface area contributed by atoms with Gasteiger partial charge in [-0.2, -0.15) is 5.10 Å². The van der Waals surface area contributed by atoms with Gasteiger partial charge in [0.1, 0.15) is 5.82 Å². The van der Waals surface area contributed by atoms with Crippen LogP contribution in [0.4, 0.5) is 10.1 Å². The number of nitrogens with one attached hydrogen (secondary N) is 2. The van der Waals surface area contributed by atoms with Gasteiger partial charge >= 0.3 is 0 Å². The molecule has 0 aliphatic rings. The predicted octanol–water partition coefficient (Wildman–Crippen LogP) is 4.11. The second kappa shape index (κ2) is 7.15. The first kappa shape index (κ1) is 15.4. The number of hydrogen-bond acceptors (Lipinski definition) is 2. The lowest BCUT2D eigenvalue weighted by Crippen LogP contribution is -2.24. The molecule has 0 aliphatic carbocycles. The minimum Gasteiger partial charge on any atom is -0.331 e. The van der Waals surface area contributed by atoms with Crippen LogP contribution in [0.1, 0.15) is 11.1 Å². The maximum Gasteiger partial charge on any atom is 0.191 e. The Bertz CT molecular complexity index is 671. The maximum atomic E-state index is 12.7. The molecule has 108 valence electrons. The molecule has 0 aliphatic heterocycles. The van der Waals surface area contributed by atoms with Crippen LogP contribution in [0.3, 0.4) is 0 Å². The van der Waals surface area contributed by atoms with Gasteiger partial charge in [0.15, 0.2) is 5.11 Å². The van der Waals surface area contributed by atoms with Crippen molar-refractivity contribution in [3.8, 4) is 0 Å². The van der Waals surface area contributed by atoms with Gasteiger partial charge in [-0.1, -0.05) is 29.8 Å². The van der Waals surface area contributed by atoms with E-state index in [0.29, 0.717) is 10.1 Å². The number of thiocarbonyl (C=S) groups is 1. The first-order chi connectivity index (χ1) is 10.1. The number of anilines is 1. The fraction of sp³-hybridized carbons (Fsp3) is 0.0667. The van der Waals surface area contributed by atoms with Crippen molar-refractivity contribution in [3.05, 3.63) is 64.4 Å². The second-order valence-corrected chi connectivity index (χ2v) is 5.10.